The molecule has 3 rings (SSSR count). The minimum atomic E-state index is -0.453. The van der Waals surface area contributed by atoms with Crippen molar-refractivity contribution < 1.29 is 4.42 Å². The Morgan fingerprint density at radius 2 is 1.70 bits per heavy atom. The lowest BCUT2D eigenvalue weighted by atomic mass is 10.1. The SMILES string of the molecule is NC(c1cc2cc(Cl)cc(Cl)c2o1)c1ccccc1Cl. The van der Waals surface area contributed by atoms with Gasteiger partial charge in [0.1, 0.15) is 5.76 Å². The van der Waals surface area contributed by atoms with Crippen molar-refractivity contribution in [2.75, 3.05) is 0 Å². The third kappa shape index (κ3) is 2.40. The summed E-state index contributed by atoms with van der Waals surface area (Å²) in [6.45, 7) is 0. The molecule has 0 aliphatic rings. The molecule has 20 heavy (non-hydrogen) atoms. The summed E-state index contributed by atoms with van der Waals surface area (Å²) in [4.78, 5) is 0. The van der Waals surface area contributed by atoms with Crippen LogP contribution in [0.1, 0.15) is 17.4 Å². The van der Waals surface area contributed by atoms with E-state index in [1.54, 1.807) is 18.2 Å². The van der Waals surface area contributed by atoms with Crippen molar-refractivity contribution in [1.29, 1.82) is 0 Å². The van der Waals surface area contributed by atoms with Crippen LogP contribution in [0.3, 0.4) is 0 Å². The van der Waals surface area contributed by atoms with E-state index in [4.69, 9.17) is 45.0 Å². The van der Waals surface area contributed by atoms with Gasteiger partial charge in [0, 0.05) is 15.4 Å². The number of hydrogen-bond donors (Lipinski definition) is 1. The lowest BCUT2D eigenvalue weighted by Crippen LogP contribution is -2.11. The minimum absolute atomic E-state index is 0.453. The van der Waals surface area contributed by atoms with Crippen LogP contribution in [0.15, 0.2) is 46.9 Å². The van der Waals surface area contributed by atoms with Crippen LogP contribution >= 0.6 is 34.8 Å². The van der Waals surface area contributed by atoms with Crippen molar-refractivity contribution in [2.24, 2.45) is 5.73 Å². The molecule has 0 bridgehead atoms. The van der Waals surface area contributed by atoms with E-state index in [9.17, 15) is 0 Å². The Bertz CT molecular complexity index is 782. The Morgan fingerprint density at radius 3 is 2.45 bits per heavy atom. The number of fused-ring (bicyclic) bond motifs is 1. The molecule has 0 aliphatic heterocycles. The maximum atomic E-state index is 6.21. The highest BCUT2D eigenvalue weighted by Crippen LogP contribution is 2.34. The van der Waals surface area contributed by atoms with Gasteiger partial charge >= 0.3 is 0 Å². The molecule has 0 amide bonds. The number of rotatable bonds is 2. The molecule has 1 unspecified atom stereocenters. The van der Waals surface area contributed by atoms with Crippen LogP contribution in [0.25, 0.3) is 11.0 Å². The molecule has 0 radical (unpaired) electrons. The van der Waals surface area contributed by atoms with Gasteiger partial charge in [-0.25, -0.2) is 0 Å². The Kier molecular flexibility index (Phi) is 3.65. The van der Waals surface area contributed by atoms with Crippen LogP contribution in [0.5, 0.6) is 0 Å². The van der Waals surface area contributed by atoms with Gasteiger partial charge in [-0.05, 0) is 29.8 Å². The summed E-state index contributed by atoms with van der Waals surface area (Å²) in [7, 11) is 0. The van der Waals surface area contributed by atoms with Gasteiger partial charge in [0.25, 0.3) is 0 Å². The molecule has 1 aromatic heterocycles. The predicted octanol–water partition coefficient (Wildman–Crippen LogP) is 5.44. The van der Waals surface area contributed by atoms with Crippen LogP contribution in [-0.2, 0) is 0 Å². The van der Waals surface area contributed by atoms with Crippen LogP contribution in [-0.4, -0.2) is 0 Å². The first-order valence-electron chi connectivity index (χ1n) is 5.95. The molecule has 0 saturated heterocycles. The van der Waals surface area contributed by atoms with Gasteiger partial charge < -0.3 is 10.2 Å². The van der Waals surface area contributed by atoms with Gasteiger partial charge in [-0.2, -0.15) is 0 Å². The number of furan rings is 1. The fraction of sp³-hybridized carbons (Fsp3) is 0.0667. The van der Waals surface area contributed by atoms with Crippen molar-refractivity contribution in [3.63, 3.8) is 0 Å². The van der Waals surface area contributed by atoms with E-state index in [0.717, 1.165) is 10.9 Å². The molecule has 0 spiro atoms. The van der Waals surface area contributed by atoms with E-state index in [-0.39, 0.29) is 0 Å². The molecule has 102 valence electrons. The van der Waals surface area contributed by atoms with Gasteiger partial charge in [-0.15, -0.1) is 0 Å². The van der Waals surface area contributed by atoms with Crippen molar-refractivity contribution >= 4 is 45.8 Å². The second-order valence-corrected chi connectivity index (χ2v) is 5.70. The number of nitrogens with two attached hydrogens (primary N) is 1. The largest absolute Gasteiger partial charge is 0.457 e. The third-order valence-electron chi connectivity index (χ3n) is 3.10. The van der Waals surface area contributed by atoms with E-state index >= 15 is 0 Å². The molecule has 1 heterocycles. The molecule has 2 nitrogen and oxygen atoms in total. The zero-order valence-corrected chi connectivity index (χ0v) is 12.5. The summed E-state index contributed by atoms with van der Waals surface area (Å²) >= 11 is 18.2. The summed E-state index contributed by atoms with van der Waals surface area (Å²) in [5.74, 6) is 0.595. The molecule has 3 aromatic rings. The monoisotopic (exact) mass is 325 g/mol. The molecular weight excluding hydrogens is 317 g/mol. The van der Waals surface area contributed by atoms with Gasteiger partial charge in [0.05, 0.1) is 11.1 Å². The number of benzene rings is 2. The highest BCUT2D eigenvalue weighted by atomic mass is 35.5. The summed E-state index contributed by atoms with van der Waals surface area (Å²) < 4.78 is 5.75. The highest BCUT2D eigenvalue weighted by Gasteiger charge is 2.18. The minimum Gasteiger partial charge on any atom is -0.457 e. The Morgan fingerprint density at radius 1 is 0.950 bits per heavy atom. The average Bonchev–Trinajstić information content (AvgIpc) is 2.82. The molecule has 0 aliphatic carbocycles. The van der Waals surface area contributed by atoms with E-state index in [1.165, 1.54) is 0 Å². The summed E-state index contributed by atoms with van der Waals surface area (Å²) in [6.07, 6.45) is 0. The summed E-state index contributed by atoms with van der Waals surface area (Å²) in [6, 6.07) is 12.2. The molecule has 0 fully saturated rings. The smallest absolute Gasteiger partial charge is 0.153 e. The first kappa shape index (κ1) is 13.8. The fourth-order valence-corrected chi connectivity index (χ4v) is 2.93. The summed E-state index contributed by atoms with van der Waals surface area (Å²) in [5.41, 5.74) is 7.59. The maximum absolute atomic E-state index is 6.21. The Hall–Kier alpha value is -1.19. The molecule has 1 atom stereocenters. The van der Waals surface area contributed by atoms with Crippen LogP contribution in [0, 0.1) is 0 Å². The Labute approximate surface area is 131 Å². The average molecular weight is 327 g/mol. The Balaban J connectivity index is 2.11. The first-order chi connectivity index (χ1) is 9.56. The zero-order chi connectivity index (χ0) is 14.3. The fourth-order valence-electron chi connectivity index (χ4n) is 2.13. The highest BCUT2D eigenvalue weighted by molar-refractivity contribution is 6.38. The van der Waals surface area contributed by atoms with Crippen molar-refractivity contribution in [1.82, 2.24) is 0 Å². The van der Waals surface area contributed by atoms with Crippen molar-refractivity contribution in [2.45, 2.75) is 6.04 Å². The number of hydrogen-bond acceptors (Lipinski definition) is 2. The lowest BCUT2D eigenvalue weighted by Gasteiger charge is -2.10. The van der Waals surface area contributed by atoms with Crippen molar-refractivity contribution in [3.8, 4) is 0 Å². The third-order valence-corrected chi connectivity index (χ3v) is 3.94. The van der Waals surface area contributed by atoms with E-state index in [1.807, 2.05) is 24.3 Å². The second kappa shape index (κ2) is 5.30. The molecule has 2 aromatic carbocycles. The normalized spacial score (nSPS) is 12.8. The van der Waals surface area contributed by atoms with Crippen molar-refractivity contribution in [3.05, 3.63) is 68.9 Å². The molecular formula is C15H10Cl3NO. The standard InChI is InChI=1S/C15H10Cl3NO/c16-9-5-8-6-13(20-15(8)12(18)7-9)14(19)10-3-1-2-4-11(10)17/h1-7,14H,19H2. The van der Waals surface area contributed by atoms with Crippen LogP contribution < -0.4 is 5.73 Å². The first-order valence-corrected chi connectivity index (χ1v) is 7.08. The zero-order valence-electron chi connectivity index (χ0n) is 10.2. The number of halogens is 3. The lowest BCUT2D eigenvalue weighted by molar-refractivity contribution is 0.525. The predicted molar refractivity (Wildman–Crippen MR) is 83.7 cm³/mol. The van der Waals surface area contributed by atoms with Gasteiger partial charge in [-0.1, -0.05) is 53.0 Å². The maximum Gasteiger partial charge on any atom is 0.153 e. The molecule has 2 N–H and O–H groups in total. The van der Waals surface area contributed by atoms with Gasteiger partial charge in [0.2, 0.25) is 0 Å². The van der Waals surface area contributed by atoms with Crippen LogP contribution in [0.2, 0.25) is 15.1 Å². The van der Waals surface area contributed by atoms with Gasteiger partial charge in [0.15, 0.2) is 5.58 Å². The second-order valence-electron chi connectivity index (χ2n) is 4.45. The summed E-state index contributed by atoms with van der Waals surface area (Å²) in [5, 5.41) is 2.44. The van der Waals surface area contributed by atoms with E-state index in [2.05, 4.69) is 0 Å². The van der Waals surface area contributed by atoms with E-state index < -0.39 is 6.04 Å². The molecule has 0 saturated carbocycles. The van der Waals surface area contributed by atoms with Crippen LogP contribution in [0.4, 0.5) is 0 Å². The quantitative estimate of drug-likeness (QED) is 0.681. The topological polar surface area (TPSA) is 39.2 Å². The molecule has 5 heteroatoms. The van der Waals surface area contributed by atoms with E-state index in [0.29, 0.717) is 26.4 Å². The van der Waals surface area contributed by atoms with Gasteiger partial charge in [-0.3, -0.25) is 0 Å².